The molecule has 64 heavy (non-hydrogen) atoms. The molecule has 4 aliphatic heterocycles. The quantitative estimate of drug-likeness (QED) is 0.0887. The Labute approximate surface area is 373 Å². The number of methoxy groups -OCH3 is 2. The van der Waals surface area contributed by atoms with E-state index in [-0.39, 0.29) is 35.1 Å². The second-order valence-corrected chi connectivity index (χ2v) is 17.6. The van der Waals surface area contributed by atoms with Crippen LogP contribution in [0.25, 0.3) is 22.5 Å². The number of unbranched alkanes of at least 4 members (excludes halogenated alkanes) is 1. The van der Waals surface area contributed by atoms with E-state index in [1.807, 2.05) is 29.4 Å². The van der Waals surface area contributed by atoms with E-state index in [2.05, 4.69) is 69.0 Å². The fourth-order valence-corrected chi connectivity index (χ4v) is 9.60. The Kier molecular flexibility index (Phi) is 13.8. The number of amides is 4. The van der Waals surface area contributed by atoms with Crippen molar-refractivity contribution in [3.05, 3.63) is 71.6 Å². The van der Waals surface area contributed by atoms with Crippen molar-refractivity contribution in [3.8, 4) is 34.0 Å². The normalized spacial score (nSPS) is 19.4. The lowest BCUT2D eigenvalue weighted by atomic mass is 9.75. The van der Waals surface area contributed by atoms with Crippen LogP contribution in [0.3, 0.4) is 0 Å². The van der Waals surface area contributed by atoms with Gasteiger partial charge < -0.3 is 54.5 Å². The van der Waals surface area contributed by atoms with Crippen LogP contribution in [0.4, 0.5) is 9.59 Å². The SMILES string of the molecule is COC(=O)N[C@H](C(=O)NCCCCc1ncc(-c2ccc3c(c2)Oc2ccc(-c4cnc([C@@H]5CCCN5C(=O)[C@@H](NC(=O)OC)C5CCOCC5)[nH]4)cc2C3(C)C)[nH]1)C1CCOCC1. The van der Waals surface area contributed by atoms with Crippen LogP contribution in [-0.2, 0) is 40.4 Å². The van der Waals surface area contributed by atoms with E-state index < -0.39 is 24.3 Å². The molecule has 17 heteroatoms. The number of carbonyl (C=O) groups excluding carboxylic acids is 4. The minimum absolute atomic E-state index is 0.00274. The largest absolute Gasteiger partial charge is 0.457 e. The van der Waals surface area contributed by atoms with E-state index in [0.717, 1.165) is 76.6 Å². The summed E-state index contributed by atoms with van der Waals surface area (Å²) in [4.78, 5) is 69.7. The first-order valence-electron chi connectivity index (χ1n) is 22.5. The summed E-state index contributed by atoms with van der Waals surface area (Å²) in [5.74, 6) is 2.76. The average molecular weight is 881 g/mol. The molecular weight excluding hydrogens is 821 g/mol. The number of alkyl carbamates (subject to hydrolysis) is 2. The molecule has 0 unspecified atom stereocenters. The Balaban J connectivity index is 0.886. The molecule has 4 aromatic rings. The number of nitrogens with one attached hydrogen (secondary N) is 5. The number of hydrogen-bond donors (Lipinski definition) is 5. The number of fused-ring (bicyclic) bond motifs is 2. The molecule has 3 atom stereocenters. The first-order valence-corrected chi connectivity index (χ1v) is 22.5. The number of nitrogens with zero attached hydrogens (tertiary/aromatic N) is 3. The standard InChI is InChI=1S/C47H60N8O9/c1-47(2)32-12-10-31(34-26-49-39(51-34)9-5-6-18-48-43(56)40(53-45(58)60-3)28-14-20-62-21-15-28)25-38(32)64-37-13-11-30(24-33(37)47)35-27-50-42(52-35)36-8-7-19-55(36)44(57)41(54-46(59)61-4)29-16-22-63-23-17-29/h10-13,24-29,36,40-41H,5-9,14-23H2,1-4H3,(H,48,56)(H,49,51)(H,50,52)(H,53,58)(H,54,59)/t36-,40-,41-/m0/s1. The van der Waals surface area contributed by atoms with Gasteiger partial charge in [-0.3, -0.25) is 9.59 Å². The van der Waals surface area contributed by atoms with Gasteiger partial charge in [0.05, 0.1) is 44.0 Å². The minimum Gasteiger partial charge on any atom is -0.457 e. The van der Waals surface area contributed by atoms with Crippen LogP contribution < -0.4 is 20.7 Å². The molecule has 4 aliphatic rings. The molecule has 0 spiro atoms. The zero-order valence-corrected chi connectivity index (χ0v) is 37.1. The lowest BCUT2D eigenvalue weighted by molar-refractivity contribution is -0.136. The number of aryl methyl sites for hydroxylation is 1. The van der Waals surface area contributed by atoms with E-state index in [1.165, 1.54) is 14.2 Å². The number of aromatic nitrogens is 4. The second-order valence-electron chi connectivity index (χ2n) is 17.6. The maximum Gasteiger partial charge on any atom is 0.407 e. The molecule has 0 aliphatic carbocycles. The molecule has 0 saturated carbocycles. The van der Waals surface area contributed by atoms with Crippen molar-refractivity contribution in [1.82, 2.24) is 40.8 Å². The zero-order valence-electron chi connectivity index (χ0n) is 37.1. The van der Waals surface area contributed by atoms with E-state index in [1.54, 1.807) is 0 Å². The second kappa shape index (κ2) is 19.8. The van der Waals surface area contributed by atoms with Crippen LogP contribution in [0.5, 0.6) is 11.5 Å². The van der Waals surface area contributed by atoms with Gasteiger partial charge in [-0.1, -0.05) is 26.0 Å². The summed E-state index contributed by atoms with van der Waals surface area (Å²) in [6.07, 6.45) is 9.07. The predicted molar refractivity (Wildman–Crippen MR) is 236 cm³/mol. The molecule has 342 valence electrons. The van der Waals surface area contributed by atoms with Crippen molar-refractivity contribution in [2.45, 2.75) is 95.2 Å². The Morgan fingerprint density at radius 1 is 0.781 bits per heavy atom. The van der Waals surface area contributed by atoms with E-state index in [0.29, 0.717) is 77.4 Å². The molecular formula is C47H60N8O9. The van der Waals surface area contributed by atoms with Gasteiger partial charge >= 0.3 is 12.2 Å². The number of imidazole rings is 2. The Morgan fingerprint density at radius 3 is 2.14 bits per heavy atom. The van der Waals surface area contributed by atoms with Crippen LogP contribution in [-0.4, -0.2) is 115 Å². The van der Waals surface area contributed by atoms with Gasteiger partial charge in [-0.25, -0.2) is 19.6 Å². The van der Waals surface area contributed by atoms with Crippen molar-refractivity contribution in [3.63, 3.8) is 0 Å². The fraction of sp³-hybridized carbons (Fsp3) is 0.532. The minimum atomic E-state index is -0.698. The Morgan fingerprint density at radius 2 is 1.42 bits per heavy atom. The summed E-state index contributed by atoms with van der Waals surface area (Å²) in [5, 5.41) is 8.52. The van der Waals surface area contributed by atoms with Crippen LogP contribution in [0, 0.1) is 11.8 Å². The molecule has 6 heterocycles. The highest BCUT2D eigenvalue weighted by atomic mass is 16.5. The van der Waals surface area contributed by atoms with Gasteiger partial charge in [0.25, 0.3) is 0 Å². The van der Waals surface area contributed by atoms with E-state index in [9.17, 15) is 19.2 Å². The smallest absolute Gasteiger partial charge is 0.407 e. The van der Waals surface area contributed by atoms with Gasteiger partial charge in [0.15, 0.2) is 0 Å². The highest BCUT2D eigenvalue weighted by molar-refractivity contribution is 5.87. The van der Waals surface area contributed by atoms with Crippen LogP contribution in [0.15, 0.2) is 48.8 Å². The molecule has 3 fully saturated rings. The number of likely N-dealkylation sites (tertiary alicyclic amines) is 1. The molecule has 3 saturated heterocycles. The van der Waals surface area contributed by atoms with Gasteiger partial charge in [-0.2, -0.15) is 0 Å². The Bertz CT molecular complexity index is 2300. The van der Waals surface area contributed by atoms with E-state index >= 15 is 0 Å². The molecule has 0 bridgehead atoms. The van der Waals surface area contributed by atoms with Gasteiger partial charge in [0.2, 0.25) is 11.8 Å². The highest BCUT2D eigenvalue weighted by Crippen LogP contribution is 2.49. The topological polar surface area (TPSA) is 211 Å². The summed E-state index contributed by atoms with van der Waals surface area (Å²) in [7, 11) is 2.60. The van der Waals surface area contributed by atoms with Gasteiger partial charge in [-0.15, -0.1) is 0 Å². The first-order chi connectivity index (χ1) is 31.0. The maximum absolute atomic E-state index is 14.1. The number of rotatable bonds is 14. The molecule has 5 N–H and O–H groups in total. The Hall–Kier alpha value is -5.94. The van der Waals surface area contributed by atoms with Crippen LogP contribution >= 0.6 is 0 Å². The summed E-state index contributed by atoms with van der Waals surface area (Å²) in [6.45, 7) is 7.70. The predicted octanol–water partition coefficient (Wildman–Crippen LogP) is 6.30. The summed E-state index contributed by atoms with van der Waals surface area (Å²) in [5.41, 5.74) is 5.38. The van der Waals surface area contributed by atoms with Gasteiger partial charge in [0, 0.05) is 73.6 Å². The number of ether oxygens (including phenoxy) is 5. The van der Waals surface area contributed by atoms with Crippen molar-refractivity contribution in [1.29, 1.82) is 0 Å². The third-order valence-electron chi connectivity index (χ3n) is 13.3. The molecule has 2 aromatic heterocycles. The van der Waals surface area contributed by atoms with E-state index in [4.69, 9.17) is 28.7 Å². The summed E-state index contributed by atoms with van der Waals surface area (Å²) in [6, 6.07) is 10.8. The lowest BCUT2D eigenvalue weighted by Crippen LogP contribution is -2.53. The van der Waals surface area contributed by atoms with Crippen LogP contribution in [0.2, 0.25) is 0 Å². The van der Waals surface area contributed by atoms with Gasteiger partial charge in [-0.05, 0) is 87.5 Å². The fourth-order valence-electron chi connectivity index (χ4n) is 9.60. The maximum atomic E-state index is 14.1. The van der Waals surface area contributed by atoms with Gasteiger partial charge in [0.1, 0.15) is 35.2 Å². The number of aromatic amines is 2. The monoisotopic (exact) mass is 880 g/mol. The number of benzene rings is 2. The number of carbonyl (C=O) groups is 4. The van der Waals surface area contributed by atoms with Crippen LogP contribution in [0.1, 0.15) is 94.0 Å². The average Bonchev–Trinajstić information content (AvgIpc) is 4.12. The number of hydrogen-bond acceptors (Lipinski definition) is 11. The molecule has 0 radical (unpaired) electrons. The molecule has 2 aromatic carbocycles. The molecule has 17 nitrogen and oxygen atoms in total. The van der Waals surface area contributed by atoms with Crippen molar-refractivity contribution in [2.24, 2.45) is 11.8 Å². The van der Waals surface area contributed by atoms with Crippen molar-refractivity contribution < 1.29 is 42.9 Å². The first kappa shape index (κ1) is 44.7. The summed E-state index contributed by atoms with van der Waals surface area (Å²) >= 11 is 0. The number of H-pyrrole nitrogens is 2. The third kappa shape index (κ3) is 9.75. The molecule has 8 rings (SSSR count). The highest BCUT2D eigenvalue weighted by Gasteiger charge is 2.41. The molecule has 4 amide bonds. The zero-order chi connectivity index (χ0) is 44.8. The third-order valence-corrected chi connectivity index (χ3v) is 13.3. The van der Waals surface area contributed by atoms with Crippen molar-refractivity contribution >= 4 is 24.0 Å². The van der Waals surface area contributed by atoms with Crippen molar-refractivity contribution in [2.75, 3.05) is 53.7 Å². The lowest BCUT2D eigenvalue weighted by Gasteiger charge is -2.35. The summed E-state index contributed by atoms with van der Waals surface area (Å²) < 4.78 is 27.2.